The number of anilines is 1. The van der Waals surface area contributed by atoms with Crippen LogP contribution in [0.5, 0.6) is 0 Å². The van der Waals surface area contributed by atoms with E-state index in [2.05, 4.69) is 10.6 Å². The summed E-state index contributed by atoms with van der Waals surface area (Å²) in [5.74, 6) is -0.523. The van der Waals surface area contributed by atoms with Gasteiger partial charge in [0.05, 0.1) is 0 Å². The van der Waals surface area contributed by atoms with Crippen LogP contribution in [-0.4, -0.2) is 35.7 Å². The number of nitrogens with one attached hydrogen (secondary N) is 2. The number of benzene rings is 1. The lowest BCUT2D eigenvalue weighted by Gasteiger charge is -2.19. The van der Waals surface area contributed by atoms with Crippen LogP contribution in [0.2, 0.25) is 0 Å². The second kappa shape index (κ2) is 6.18. The summed E-state index contributed by atoms with van der Waals surface area (Å²) in [5, 5.41) is 5.35. The highest BCUT2D eigenvalue weighted by molar-refractivity contribution is 5.96. The number of hydrogen-bond donors (Lipinski definition) is 2. The van der Waals surface area contributed by atoms with Gasteiger partial charge in [-0.15, -0.1) is 0 Å². The zero-order valence-electron chi connectivity index (χ0n) is 11.3. The predicted molar refractivity (Wildman–Crippen MR) is 73.8 cm³/mol. The van der Waals surface area contributed by atoms with Gasteiger partial charge in [-0.1, -0.05) is 18.2 Å². The molecule has 6 nitrogen and oxygen atoms in total. The molecule has 1 aromatic rings. The fourth-order valence-electron chi connectivity index (χ4n) is 2.08. The molecule has 2 rings (SSSR count). The molecule has 0 saturated carbocycles. The molecule has 6 heteroatoms. The van der Waals surface area contributed by atoms with E-state index in [0.717, 1.165) is 11.3 Å². The molecule has 1 heterocycles. The van der Waals surface area contributed by atoms with Crippen LogP contribution in [0.15, 0.2) is 24.3 Å². The first-order valence-corrected chi connectivity index (χ1v) is 6.46. The largest absolute Gasteiger partial charge is 0.356 e. The summed E-state index contributed by atoms with van der Waals surface area (Å²) in [7, 11) is 0. The highest BCUT2D eigenvalue weighted by Crippen LogP contribution is 2.20. The van der Waals surface area contributed by atoms with Gasteiger partial charge in [0.15, 0.2) is 0 Å². The van der Waals surface area contributed by atoms with Crippen LogP contribution in [0.4, 0.5) is 5.69 Å². The first kappa shape index (κ1) is 14.0. The zero-order valence-corrected chi connectivity index (χ0v) is 11.3. The Hall–Kier alpha value is -2.37. The lowest BCUT2D eigenvalue weighted by molar-refractivity contribution is -0.135. The van der Waals surface area contributed by atoms with Gasteiger partial charge in [0.25, 0.3) is 0 Å². The molecule has 0 atom stereocenters. The monoisotopic (exact) mass is 275 g/mol. The van der Waals surface area contributed by atoms with Crippen molar-refractivity contribution in [3.05, 3.63) is 29.8 Å². The minimum atomic E-state index is -0.206. The lowest BCUT2D eigenvalue weighted by atomic mass is 10.1. The number of para-hydroxylation sites is 1. The molecule has 3 amide bonds. The molecule has 20 heavy (non-hydrogen) atoms. The predicted octanol–water partition coefficient (Wildman–Crippen LogP) is 0.493. The molecule has 1 aliphatic rings. The molecule has 2 N–H and O–H groups in total. The average molecular weight is 275 g/mol. The molecule has 0 bridgehead atoms. The van der Waals surface area contributed by atoms with E-state index >= 15 is 0 Å². The minimum Gasteiger partial charge on any atom is -0.356 e. The number of hydrogen-bond acceptors (Lipinski definition) is 3. The van der Waals surface area contributed by atoms with Crippen LogP contribution in [0.3, 0.4) is 0 Å². The minimum absolute atomic E-state index is 0.0353. The van der Waals surface area contributed by atoms with Crippen LogP contribution in [0.25, 0.3) is 0 Å². The standard InChI is InChI=1S/C14H17N3O3/c1-10(18)15-7-6-14(20)17-8-11-4-2-3-5-12(11)16-13(19)9-17/h2-5H,6-9H2,1H3,(H,15,18)(H,16,19). The third kappa shape index (κ3) is 3.57. The summed E-state index contributed by atoms with van der Waals surface area (Å²) in [6.07, 6.45) is 0.190. The SMILES string of the molecule is CC(=O)NCCC(=O)N1CC(=O)Nc2ccccc2C1. The van der Waals surface area contributed by atoms with E-state index in [0.29, 0.717) is 6.54 Å². The van der Waals surface area contributed by atoms with Crippen molar-refractivity contribution in [1.82, 2.24) is 10.2 Å². The first-order valence-electron chi connectivity index (χ1n) is 6.46. The summed E-state index contributed by atoms with van der Waals surface area (Å²) in [5.41, 5.74) is 1.65. The van der Waals surface area contributed by atoms with Gasteiger partial charge in [-0.3, -0.25) is 14.4 Å². The molecule has 0 spiro atoms. The van der Waals surface area contributed by atoms with Crippen molar-refractivity contribution in [3.8, 4) is 0 Å². The van der Waals surface area contributed by atoms with Crippen molar-refractivity contribution in [3.63, 3.8) is 0 Å². The Labute approximate surface area is 117 Å². The van der Waals surface area contributed by atoms with Gasteiger partial charge in [0.1, 0.15) is 6.54 Å². The van der Waals surface area contributed by atoms with Crippen LogP contribution >= 0.6 is 0 Å². The Morgan fingerprint density at radius 2 is 2.05 bits per heavy atom. The topological polar surface area (TPSA) is 78.5 Å². The number of fused-ring (bicyclic) bond motifs is 1. The maximum Gasteiger partial charge on any atom is 0.244 e. The third-order valence-corrected chi connectivity index (χ3v) is 3.05. The van der Waals surface area contributed by atoms with Gasteiger partial charge in [0.2, 0.25) is 17.7 Å². The average Bonchev–Trinajstić information content (AvgIpc) is 2.56. The molecule has 0 unspecified atom stereocenters. The Kier molecular flexibility index (Phi) is 4.34. The summed E-state index contributed by atoms with van der Waals surface area (Å²) < 4.78 is 0. The second-order valence-electron chi connectivity index (χ2n) is 4.69. The van der Waals surface area contributed by atoms with Crippen molar-refractivity contribution in [2.45, 2.75) is 19.9 Å². The van der Waals surface area contributed by atoms with Crippen LogP contribution in [0, 0.1) is 0 Å². The Morgan fingerprint density at radius 1 is 1.30 bits per heavy atom. The first-order chi connectivity index (χ1) is 9.56. The van der Waals surface area contributed by atoms with Gasteiger partial charge < -0.3 is 15.5 Å². The van der Waals surface area contributed by atoms with Crippen LogP contribution in [-0.2, 0) is 20.9 Å². The van der Waals surface area contributed by atoms with E-state index in [1.807, 2.05) is 24.3 Å². The van der Waals surface area contributed by atoms with Gasteiger partial charge in [0, 0.05) is 32.1 Å². The van der Waals surface area contributed by atoms with Gasteiger partial charge in [-0.05, 0) is 11.6 Å². The molecule has 0 fully saturated rings. The second-order valence-corrected chi connectivity index (χ2v) is 4.69. The van der Waals surface area contributed by atoms with Gasteiger partial charge >= 0.3 is 0 Å². The van der Waals surface area contributed by atoms with E-state index in [9.17, 15) is 14.4 Å². The molecule has 0 saturated heterocycles. The molecule has 1 aliphatic heterocycles. The van der Waals surface area contributed by atoms with Crippen molar-refractivity contribution in [2.75, 3.05) is 18.4 Å². The van der Waals surface area contributed by atoms with Crippen LogP contribution in [0.1, 0.15) is 18.9 Å². The van der Waals surface area contributed by atoms with Crippen molar-refractivity contribution >= 4 is 23.4 Å². The molecule has 0 aliphatic carbocycles. The van der Waals surface area contributed by atoms with E-state index in [-0.39, 0.29) is 37.2 Å². The van der Waals surface area contributed by atoms with Crippen molar-refractivity contribution in [2.24, 2.45) is 0 Å². The summed E-state index contributed by atoms with van der Waals surface area (Å²) in [4.78, 5) is 36.1. The molecule has 106 valence electrons. The highest BCUT2D eigenvalue weighted by atomic mass is 16.2. The van der Waals surface area contributed by atoms with E-state index < -0.39 is 0 Å². The Balaban J connectivity index is 2.03. The van der Waals surface area contributed by atoms with Crippen molar-refractivity contribution in [1.29, 1.82) is 0 Å². The lowest BCUT2D eigenvalue weighted by Crippen LogP contribution is -2.37. The highest BCUT2D eigenvalue weighted by Gasteiger charge is 2.22. The van der Waals surface area contributed by atoms with Crippen LogP contribution < -0.4 is 10.6 Å². The summed E-state index contributed by atoms with van der Waals surface area (Å²) in [6, 6.07) is 7.41. The smallest absolute Gasteiger partial charge is 0.244 e. The summed E-state index contributed by atoms with van der Waals surface area (Å²) >= 11 is 0. The quantitative estimate of drug-likeness (QED) is 0.843. The number of rotatable bonds is 3. The van der Waals surface area contributed by atoms with E-state index in [1.54, 1.807) is 0 Å². The maximum atomic E-state index is 12.1. The Morgan fingerprint density at radius 3 is 2.80 bits per heavy atom. The number of nitrogens with zero attached hydrogens (tertiary/aromatic N) is 1. The summed E-state index contributed by atoms with van der Waals surface area (Å²) in [6.45, 7) is 2.12. The molecule has 0 radical (unpaired) electrons. The van der Waals surface area contributed by atoms with E-state index in [1.165, 1.54) is 11.8 Å². The van der Waals surface area contributed by atoms with Crippen molar-refractivity contribution < 1.29 is 14.4 Å². The van der Waals surface area contributed by atoms with Gasteiger partial charge in [-0.25, -0.2) is 0 Å². The third-order valence-electron chi connectivity index (χ3n) is 3.05. The van der Waals surface area contributed by atoms with E-state index in [4.69, 9.17) is 0 Å². The normalized spacial score (nSPS) is 14.1. The zero-order chi connectivity index (χ0) is 14.5. The van der Waals surface area contributed by atoms with Gasteiger partial charge in [-0.2, -0.15) is 0 Å². The molecular weight excluding hydrogens is 258 g/mol. The number of carbonyl (C=O) groups is 3. The molecule has 1 aromatic carbocycles. The maximum absolute atomic E-state index is 12.1. The Bertz CT molecular complexity index is 542. The molecular formula is C14H17N3O3. The molecule has 0 aromatic heterocycles. The number of amides is 3. The fourth-order valence-corrected chi connectivity index (χ4v) is 2.08. The number of carbonyl (C=O) groups excluding carboxylic acids is 3. The fraction of sp³-hybridized carbons (Fsp3) is 0.357.